The summed E-state index contributed by atoms with van der Waals surface area (Å²) in [6, 6.07) is 13.9. The summed E-state index contributed by atoms with van der Waals surface area (Å²) in [6.45, 7) is 0. The van der Waals surface area contributed by atoms with E-state index in [1.54, 1.807) is 23.8 Å². The molecule has 2 heterocycles. The number of ether oxygens (including phenoxy) is 1. The van der Waals surface area contributed by atoms with Gasteiger partial charge in [0, 0.05) is 11.1 Å². The van der Waals surface area contributed by atoms with Crippen molar-refractivity contribution in [1.29, 1.82) is 0 Å². The SMILES string of the molecule is COc1ccc(-c2nn3c(-c4cccc(F)c4)nnc3s2)cc1. The first-order valence-electron chi connectivity index (χ1n) is 6.87. The number of nitrogens with zero attached hydrogens (tertiary/aromatic N) is 4. The standard InChI is InChI=1S/C16H11FN4OS/c1-22-13-7-5-10(6-8-13)15-20-21-14(18-19-16(21)23-15)11-3-2-4-12(17)9-11/h2-9H,1H3. The molecule has 7 heteroatoms. The van der Waals surface area contributed by atoms with Gasteiger partial charge in [-0.05, 0) is 36.4 Å². The average molecular weight is 326 g/mol. The van der Waals surface area contributed by atoms with E-state index in [1.807, 2.05) is 24.3 Å². The Bertz CT molecular complexity index is 977. The molecular formula is C16H11FN4OS. The second kappa shape index (κ2) is 5.44. The zero-order chi connectivity index (χ0) is 15.8. The van der Waals surface area contributed by atoms with Crippen molar-refractivity contribution in [3.63, 3.8) is 0 Å². The Morgan fingerprint density at radius 3 is 2.61 bits per heavy atom. The third kappa shape index (κ3) is 2.44. The van der Waals surface area contributed by atoms with E-state index in [9.17, 15) is 4.39 Å². The minimum absolute atomic E-state index is 0.315. The summed E-state index contributed by atoms with van der Waals surface area (Å²) < 4.78 is 20.2. The van der Waals surface area contributed by atoms with Gasteiger partial charge in [0.05, 0.1) is 7.11 Å². The normalized spacial score (nSPS) is 11.0. The lowest BCUT2D eigenvalue weighted by molar-refractivity contribution is 0.415. The van der Waals surface area contributed by atoms with Crippen LogP contribution in [0.3, 0.4) is 0 Å². The summed E-state index contributed by atoms with van der Waals surface area (Å²) in [6.07, 6.45) is 0. The van der Waals surface area contributed by atoms with Crippen molar-refractivity contribution in [3.8, 4) is 27.7 Å². The minimum Gasteiger partial charge on any atom is -0.497 e. The summed E-state index contributed by atoms with van der Waals surface area (Å²) >= 11 is 1.43. The summed E-state index contributed by atoms with van der Waals surface area (Å²) in [4.78, 5) is 0.662. The Kier molecular flexibility index (Phi) is 3.27. The molecule has 23 heavy (non-hydrogen) atoms. The number of methoxy groups -OCH3 is 1. The highest BCUT2D eigenvalue weighted by molar-refractivity contribution is 7.19. The van der Waals surface area contributed by atoms with Gasteiger partial charge in [-0.25, -0.2) is 4.39 Å². The largest absolute Gasteiger partial charge is 0.497 e. The highest BCUT2D eigenvalue weighted by Crippen LogP contribution is 2.29. The molecule has 0 bridgehead atoms. The van der Waals surface area contributed by atoms with E-state index in [0.29, 0.717) is 16.3 Å². The molecule has 0 aliphatic heterocycles. The fourth-order valence-electron chi connectivity index (χ4n) is 2.27. The van der Waals surface area contributed by atoms with Crippen LogP contribution in [0.2, 0.25) is 0 Å². The molecule has 0 radical (unpaired) electrons. The molecule has 0 spiro atoms. The quantitative estimate of drug-likeness (QED) is 0.576. The fraction of sp³-hybridized carbons (Fsp3) is 0.0625. The number of benzene rings is 2. The maximum absolute atomic E-state index is 13.4. The summed E-state index contributed by atoms with van der Waals surface area (Å²) in [5.41, 5.74) is 1.61. The average Bonchev–Trinajstić information content (AvgIpc) is 3.15. The van der Waals surface area contributed by atoms with Crippen molar-refractivity contribution < 1.29 is 9.13 Å². The Hall–Kier alpha value is -2.80. The van der Waals surface area contributed by atoms with E-state index < -0.39 is 0 Å². The number of hydrogen-bond donors (Lipinski definition) is 0. The van der Waals surface area contributed by atoms with Gasteiger partial charge < -0.3 is 4.74 Å². The number of fused-ring (bicyclic) bond motifs is 1. The molecule has 0 N–H and O–H groups in total. The van der Waals surface area contributed by atoms with Crippen LogP contribution in [0.25, 0.3) is 26.9 Å². The van der Waals surface area contributed by atoms with Gasteiger partial charge >= 0.3 is 0 Å². The van der Waals surface area contributed by atoms with Crippen molar-refractivity contribution in [2.75, 3.05) is 7.11 Å². The topological polar surface area (TPSA) is 52.3 Å². The van der Waals surface area contributed by atoms with Gasteiger partial charge in [0.15, 0.2) is 5.82 Å². The first kappa shape index (κ1) is 13.8. The van der Waals surface area contributed by atoms with Crippen molar-refractivity contribution in [2.45, 2.75) is 0 Å². The minimum atomic E-state index is -0.315. The van der Waals surface area contributed by atoms with E-state index in [0.717, 1.165) is 16.3 Å². The lowest BCUT2D eigenvalue weighted by Crippen LogP contribution is -1.91. The van der Waals surface area contributed by atoms with Gasteiger partial charge in [-0.3, -0.25) is 0 Å². The van der Waals surface area contributed by atoms with Crippen LogP contribution in [0.15, 0.2) is 48.5 Å². The van der Waals surface area contributed by atoms with Crippen LogP contribution < -0.4 is 4.74 Å². The maximum atomic E-state index is 13.4. The van der Waals surface area contributed by atoms with E-state index in [1.165, 1.54) is 23.5 Å². The van der Waals surface area contributed by atoms with Crippen LogP contribution in [-0.4, -0.2) is 26.9 Å². The highest BCUT2D eigenvalue weighted by atomic mass is 32.1. The lowest BCUT2D eigenvalue weighted by Gasteiger charge is -2.00. The molecule has 0 amide bonds. The predicted molar refractivity (Wildman–Crippen MR) is 86.0 cm³/mol. The Morgan fingerprint density at radius 1 is 1.04 bits per heavy atom. The number of rotatable bonds is 3. The Morgan fingerprint density at radius 2 is 1.87 bits per heavy atom. The van der Waals surface area contributed by atoms with Crippen molar-refractivity contribution in [1.82, 2.24) is 19.8 Å². The zero-order valence-electron chi connectivity index (χ0n) is 12.1. The predicted octanol–water partition coefficient (Wildman–Crippen LogP) is 3.67. The molecule has 4 rings (SSSR count). The van der Waals surface area contributed by atoms with Gasteiger partial charge in [-0.1, -0.05) is 23.5 Å². The molecule has 0 saturated heterocycles. The van der Waals surface area contributed by atoms with E-state index in [-0.39, 0.29) is 5.82 Å². The maximum Gasteiger partial charge on any atom is 0.235 e. The van der Waals surface area contributed by atoms with Gasteiger partial charge in [-0.2, -0.15) is 9.61 Å². The number of halogens is 1. The second-order valence-electron chi connectivity index (χ2n) is 4.86. The van der Waals surface area contributed by atoms with Crippen LogP contribution >= 0.6 is 11.3 Å². The zero-order valence-corrected chi connectivity index (χ0v) is 12.9. The third-order valence-corrected chi connectivity index (χ3v) is 4.36. The van der Waals surface area contributed by atoms with Gasteiger partial charge in [0.25, 0.3) is 0 Å². The van der Waals surface area contributed by atoms with Gasteiger partial charge in [-0.15, -0.1) is 10.2 Å². The third-order valence-electron chi connectivity index (χ3n) is 3.41. The monoisotopic (exact) mass is 326 g/mol. The van der Waals surface area contributed by atoms with Gasteiger partial charge in [0.2, 0.25) is 4.96 Å². The van der Waals surface area contributed by atoms with E-state index in [2.05, 4.69) is 15.3 Å². The van der Waals surface area contributed by atoms with E-state index in [4.69, 9.17) is 4.74 Å². The van der Waals surface area contributed by atoms with E-state index >= 15 is 0 Å². The van der Waals surface area contributed by atoms with Crippen LogP contribution in [0.5, 0.6) is 5.75 Å². The number of aromatic nitrogens is 4. The first-order valence-corrected chi connectivity index (χ1v) is 7.69. The molecule has 2 aromatic heterocycles. The smallest absolute Gasteiger partial charge is 0.235 e. The van der Waals surface area contributed by atoms with Crippen LogP contribution in [0.1, 0.15) is 0 Å². The molecule has 114 valence electrons. The highest BCUT2D eigenvalue weighted by Gasteiger charge is 2.14. The summed E-state index contributed by atoms with van der Waals surface area (Å²) in [7, 11) is 1.63. The molecule has 5 nitrogen and oxygen atoms in total. The molecule has 0 atom stereocenters. The molecule has 0 aliphatic carbocycles. The molecule has 4 aromatic rings. The second-order valence-corrected chi connectivity index (χ2v) is 5.82. The van der Waals surface area contributed by atoms with Crippen molar-refractivity contribution >= 4 is 16.3 Å². The summed E-state index contributed by atoms with van der Waals surface area (Å²) in [5.74, 6) is 0.998. The number of hydrogen-bond acceptors (Lipinski definition) is 5. The molecule has 0 unspecified atom stereocenters. The molecular weight excluding hydrogens is 315 g/mol. The fourth-order valence-corrected chi connectivity index (χ4v) is 3.12. The Balaban J connectivity index is 1.79. The molecule has 0 aliphatic rings. The molecule has 0 saturated carbocycles. The van der Waals surface area contributed by atoms with Gasteiger partial charge in [0.1, 0.15) is 16.6 Å². The summed E-state index contributed by atoms with van der Waals surface area (Å²) in [5, 5.41) is 13.6. The molecule has 0 fully saturated rings. The first-order chi connectivity index (χ1) is 11.2. The van der Waals surface area contributed by atoms with Crippen LogP contribution in [0.4, 0.5) is 4.39 Å². The van der Waals surface area contributed by atoms with Crippen LogP contribution in [0, 0.1) is 5.82 Å². The van der Waals surface area contributed by atoms with Crippen LogP contribution in [-0.2, 0) is 0 Å². The Labute approximate surface area is 135 Å². The van der Waals surface area contributed by atoms with Crippen molar-refractivity contribution in [2.24, 2.45) is 0 Å². The van der Waals surface area contributed by atoms with Crippen molar-refractivity contribution in [3.05, 3.63) is 54.3 Å². The lowest BCUT2D eigenvalue weighted by atomic mass is 10.2. The molecule has 2 aromatic carbocycles.